The standard InChI is InChI=1S/C13H17N3/c1-10-5-3-4-6-11(10)7-12(14)13-8-15-9-16(13)2/h3-6,8-9,12H,7,14H2,1-2H3. The first-order chi connectivity index (χ1) is 7.68. The van der Waals surface area contributed by atoms with Crippen LogP contribution in [-0.2, 0) is 13.5 Å². The molecule has 1 heterocycles. The number of imidazole rings is 1. The zero-order valence-electron chi connectivity index (χ0n) is 9.72. The summed E-state index contributed by atoms with van der Waals surface area (Å²) in [6.07, 6.45) is 4.47. The van der Waals surface area contributed by atoms with Crippen molar-refractivity contribution < 1.29 is 0 Å². The van der Waals surface area contributed by atoms with Crippen LogP contribution in [0, 0.1) is 6.92 Å². The zero-order valence-corrected chi connectivity index (χ0v) is 9.72. The lowest BCUT2D eigenvalue weighted by atomic mass is 10.0. The number of nitrogens with zero attached hydrogens (tertiary/aromatic N) is 2. The lowest BCUT2D eigenvalue weighted by Gasteiger charge is -2.13. The quantitative estimate of drug-likeness (QED) is 0.850. The van der Waals surface area contributed by atoms with Gasteiger partial charge in [0.15, 0.2) is 0 Å². The third-order valence-electron chi connectivity index (χ3n) is 2.93. The minimum atomic E-state index is 0.00796. The molecule has 2 aromatic rings. The van der Waals surface area contributed by atoms with Crippen LogP contribution in [-0.4, -0.2) is 9.55 Å². The van der Waals surface area contributed by atoms with Gasteiger partial charge in [0.1, 0.15) is 0 Å². The van der Waals surface area contributed by atoms with Crippen molar-refractivity contribution in [1.29, 1.82) is 0 Å². The summed E-state index contributed by atoms with van der Waals surface area (Å²) < 4.78 is 1.98. The third-order valence-corrected chi connectivity index (χ3v) is 2.93. The number of hydrogen-bond acceptors (Lipinski definition) is 2. The van der Waals surface area contributed by atoms with E-state index in [0.717, 1.165) is 12.1 Å². The first-order valence-electron chi connectivity index (χ1n) is 5.45. The Morgan fingerprint density at radius 3 is 2.75 bits per heavy atom. The molecule has 0 saturated carbocycles. The summed E-state index contributed by atoms with van der Waals surface area (Å²) >= 11 is 0. The summed E-state index contributed by atoms with van der Waals surface area (Å²) in [5.74, 6) is 0. The van der Waals surface area contributed by atoms with Gasteiger partial charge in [0.25, 0.3) is 0 Å². The van der Waals surface area contributed by atoms with E-state index in [4.69, 9.17) is 5.73 Å². The SMILES string of the molecule is Cc1ccccc1CC(N)c1cncn1C. The maximum atomic E-state index is 6.18. The molecular weight excluding hydrogens is 198 g/mol. The lowest BCUT2D eigenvalue weighted by molar-refractivity contribution is 0.654. The van der Waals surface area contributed by atoms with Crippen molar-refractivity contribution in [3.05, 3.63) is 53.6 Å². The molecule has 3 heteroatoms. The second-order valence-corrected chi connectivity index (χ2v) is 4.17. The number of aryl methyl sites for hydroxylation is 2. The molecule has 84 valence electrons. The maximum absolute atomic E-state index is 6.18. The molecule has 0 saturated heterocycles. The van der Waals surface area contributed by atoms with Crippen LogP contribution in [0.2, 0.25) is 0 Å². The molecule has 0 amide bonds. The predicted octanol–water partition coefficient (Wildman–Crippen LogP) is 1.97. The molecule has 0 radical (unpaired) electrons. The van der Waals surface area contributed by atoms with Crippen LogP contribution in [0.25, 0.3) is 0 Å². The fraction of sp³-hybridized carbons (Fsp3) is 0.308. The van der Waals surface area contributed by atoms with Crippen LogP contribution in [0.5, 0.6) is 0 Å². The third kappa shape index (κ3) is 2.14. The van der Waals surface area contributed by atoms with Gasteiger partial charge in [-0.3, -0.25) is 0 Å². The van der Waals surface area contributed by atoms with Gasteiger partial charge in [-0.1, -0.05) is 24.3 Å². The minimum Gasteiger partial charge on any atom is -0.336 e. The van der Waals surface area contributed by atoms with E-state index in [2.05, 4.69) is 36.2 Å². The zero-order chi connectivity index (χ0) is 11.5. The molecule has 0 fully saturated rings. The van der Waals surface area contributed by atoms with E-state index < -0.39 is 0 Å². The summed E-state index contributed by atoms with van der Waals surface area (Å²) in [5.41, 5.74) is 9.85. The van der Waals surface area contributed by atoms with Crippen LogP contribution in [0.1, 0.15) is 22.9 Å². The monoisotopic (exact) mass is 215 g/mol. The fourth-order valence-corrected chi connectivity index (χ4v) is 1.91. The molecule has 0 bridgehead atoms. The molecule has 2 N–H and O–H groups in total. The van der Waals surface area contributed by atoms with E-state index >= 15 is 0 Å². The fourth-order valence-electron chi connectivity index (χ4n) is 1.91. The molecule has 0 aliphatic heterocycles. The molecule has 0 spiro atoms. The van der Waals surface area contributed by atoms with Crippen molar-refractivity contribution in [2.75, 3.05) is 0 Å². The summed E-state index contributed by atoms with van der Waals surface area (Å²) in [5, 5.41) is 0. The maximum Gasteiger partial charge on any atom is 0.0946 e. The average Bonchev–Trinajstić information content (AvgIpc) is 2.68. The van der Waals surface area contributed by atoms with Crippen LogP contribution >= 0.6 is 0 Å². The molecule has 1 aromatic carbocycles. The normalized spacial score (nSPS) is 12.7. The summed E-state index contributed by atoms with van der Waals surface area (Å²) in [4.78, 5) is 4.09. The Morgan fingerprint density at radius 2 is 2.12 bits per heavy atom. The van der Waals surface area contributed by atoms with Crippen molar-refractivity contribution in [2.45, 2.75) is 19.4 Å². The Kier molecular flexibility index (Phi) is 3.06. The molecular formula is C13H17N3. The Bertz CT molecular complexity index is 474. The van der Waals surface area contributed by atoms with Gasteiger partial charge in [-0.05, 0) is 24.5 Å². The van der Waals surface area contributed by atoms with Crippen molar-refractivity contribution >= 4 is 0 Å². The Labute approximate surface area is 95.9 Å². The summed E-state index contributed by atoms with van der Waals surface area (Å²) in [7, 11) is 1.97. The van der Waals surface area contributed by atoms with Gasteiger partial charge in [0.2, 0.25) is 0 Å². The van der Waals surface area contributed by atoms with Crippen LogP contribution in [0.3, 0.4) is 0 Å². The highest BCUT2D eigenvalue weighted by Gasteiger charge is 2.11. The largest absolute Gasteiger partial charge is 0.336 e. The number of rotatable bonds is 3. The molecule has 1 aromatic heterocycles. The van der Waals surface area contributed by atoms with Gasteiger partial charge in [0, 0.05) is 13.2 Å². The molecule has 2 rings (SSSR count). The number of benzene rings is 1. The number of aromatic nitrogens is 2. The topological polar surface area (TPSA) is 43.8 Å². The highest BCUT2D eigenvalue weighted by Crippen LogP contribution is 2.17. The first kappa shape index (κ1) is 10.9. The van der Waals surface area contributed by atoms with Crippen LogP contribution in [0.4, 0.5) is 0 Å². The smallest absolute Gasteiger partial charge is 0.0946 e. The minimum absolute atomic E-state index is 0.00796. The number of nitrogens with two attached hydrogens (primary N) is 1. The Hall–Kier alpha value is -1.61. The molecule has 16 heavy (non-hydrogen) atoms. The van der Waals surface area contributed by atoms with Crippen molar-refractivity contribution in [3.63, 3.8) is 0 Å². The van der Waals surface area contributed by atoms with Gasteiger partial charge >= 0.3 is 0 Å². The Morgan fingerprint density at radius 1 is 1.38 bits per heavy atom. The molecule has 0 aliphatic carbocycles. The summed E-state index contributed by atoms with van der Waals surface area (Å²) in [6.45, 7) is 2.12. The predicted molar refractivity (Wildman–Crippen MR) is 65.0 cm³/mol. The van der Waals surface area contributed by atoms with E-state index in [9.17, 15) is 0 Å². The van der Waals surface area contributed by atoms with Gasteiger partial charge in [-0.2, -0.15) is 0 Å². The molecule has 0 aliphatic rings. The van der Waals surface area contributed by atoms with Crippen LogP contribution < -0.4 is 5.73 Å². The highest BCUT2D eigenvalue weighted by atomic mass is 15.0. The molecule has 3 nitrogen and oxygen atoms in total. The van der Waals surface area contributed by atoms with Gasteiger partial charge in [-0.25, -0.2) is 4.98 Å². The van der Waals surface area contributed by atoms with Crippen molar-refractivity contribution in [1.82, 2.24) is 9.55 Å². The molecule has 1 unspecified atom stereocenters. The summed E-state index contributed by atoms with van der Waals surface area (Å²) in [6, 6.07) is 8.36. The Balaban J connectivity index is 2.17. The van der Waals surface area contributed by atoms with E-state index in [1.165, 1.54) is 11.1 Å². The van der Waals surface area contributed by atoms with Crippen LogP contribution in [0.15, 0.2) is 36.8 Å². The van der Waals surface area contributed by atoms with E-state index in [0.29, 0.717) is 0 Å². The van der Waals surface area contributed by atoms with Gasteiger partial charge in [-0.15, -0.1) is 0 Å². The number of hydrogen-bond donors (Lipinski definition) is 1. The van der Waals surface area contributed by atoms with Gasteiger partial charge < -0.3 is 10.3 Å². The van der Waals surface area contributed by atoms with Gasteiger partial charge in [0.05, 0.1) is 18.1 Å². The van der Waals surface area contributed by atoms with E-state index in [-0.39, 0.29) is 6.04 Å². The second kappa shape index (κ2) is 4.49. The lowest BCUT2D eigenvalue weighted by Crippen LogP contribution is -2.16. The van der Waals surface area contributed by atoms with E-state index in [1.54, 1.807) is 6.33 Å². The molecule has 1 atom stereocenters. The van der Waals surface area contributed by atoms with Crippen molar-refractivity contribution in [2.24, 2.45) is 12.8 Å². The second-order valence-electron chi connectivity index (χ2n) is 4.17. The first-order valence-corrected chi connectivity index (χ1v) is 5.45. The van der Waals surface area contributed by atoms with E-state index in [1.807, 2.05) is 17.8 Å². The highest BCUT2D eigenvalue weighted by molar-refractivity contribution is 5.27. The average molecular weight is 215 g/mol. The van der Waals surface area contributed by atoms with Crippen molar-refractivity contribution in [3.8, 4) is 0 Å².